The molecule has 0 aliphatic rings. The molecule has 0 aliphatic heterocycles. The first-order valence-corrected chi connectivity index (χ1v) is 7.01. The van der Waals surface area contributed by atoms with Crippen LogP contribution in [0.15, 0.2) is 54.6 Å². The summed E-state index contributed by atoms with van der Waals surface area (Å²) in [5.41, 5.74) is 2.88. The third-order valence-corrected chi connectivity index (χ3v) is 3.48. The molecule has 0 spiro atoms. The molecule has 0 saturated heterocycles. The smallest absolute Gasteiger partial charge is 0.269 e. The molecule has 0 aliphatic carbocycles. The highest BCUT2D eigenvalue weighted by Crippen LogP contribution is 2.25. The van der Waals surface area contributed by atoms with Crippen LogP contribution in [0.3, 0.4) is 0 Å². The predicted molar refractivity (Wildman–Crippen MR) is 83.6 cm³/mol. The standard InChI is InChI=1S/C16H14N4O3/c21-11-15-16(13-6-8-14(9-7-13)20(22)23)19(18-17-15)10-12-4-2-1-3-5-12/h1-9,21H,10-11H2. The SMILES string of the molecule is O=[N+]([O-])c1ccc(-c2c(CO)nnn2Cc2ccccc2)cc1. The zero-order chi connectivity index (χ0) is 16.2. The number of benzene rings is 2. The van der Waals surface area contributed by atoms with Crippen molar-refractivity contribution in [1.82, 2.24) is 15.0 Å². The summed E-state index contributed by atoms with van der Waals surface area (Å²) in [6, 6.07) is 15.9. The van der Waals surface area contributed by atoms with Crippen LogP contribution in [0.1, 0.15) is 11.3 Å². The van der Waals surface area contributed by atoms with E-state index in [-0.39, 0.29) is 12.3 Å². The Morgan fingerprint density at radius 3 is 2.39 bits per heavy atom. The largest absolute Gasteiger partial charge is 0.390 e. The average Bonchev–Trinajstić information content (AvgIpc) is 2.98. The molecule has 3 rings (SSSR count). The number of nitrogens with zero attached hydrogens (tertiary/aromatic N) is 4. The van der Waals surface area contributed by atoms with Crippen LogP contribution in [0.5, 0.6) is 0 Å². The first-order chi connectivity index (χ1) is 11.2. The van der Waals surface area contributed by atoms with Crippen molar-refractivity contribution in [2.45, 2.75) is 13.2 Å². The monoisotopic (exact) mass is 310 g/mol. The minimum absolute atomic E-state index is 0.0152. The fraction of sp³-hybridized carbons (Fsp3) is 0.125. The van der Waals surface area contributed by atoms with Crippen LogP contribution in [-0.4, -0.2) is 25.0 Å². The van der Waals surface area contributed by atoms with Gasteiger partial charge >= 0.3 is 0 Å². The van der Waals surface area contributed by atoms with E-state index in [1.807, 2.05) is 30.3 Å². The molecule has 0 amide bonds. The predicted octanol–water partition coefficient (Wildman–Crippen LogP) is 2.39. The van der Waals surface area contributed by atoms with Crippen LogP contribution in [-0.2, 0) is 13.2 Å². The fourth-order valence-corrected chi connectivity index (χ4v) is 2.38. The van der Waals surface area contributed by atoms with Crippen LogP contribution in [0.4, 0.5) is 5.69 Å². The normalized spacial score (nSPS) is 10.7. The maximum Gasteiger partial charge on any atom is 0.269 e. The summed E-state index contributed by atoms with van der Waals surface area (Å²) < 4.78 is 1.68. The molecule has 0 radical (unpaired) electrons. The minimum atomic E-state index is -0.448. The second kappa shape index (κ2) is 6.37. The average molecular weight is 310 g/mol. The Balaban J connectivity index is 2.00. The quantitative estimate of drug-likeness (QED) is 0.577. The summed E-state index contributed by atoms with van der Waals surface area (Å²) in [7, 11) is 0. The summed E-state index contributed by atoms with van der Waals surface area (Å²) >= 11 is 0. The van der Waals surface area contributed by atoms with Crippen molar-refractivity contribution in [2.24, 2.45) is 0 Å². The van der Waals surface area contributed by atoms with Crippen molar-refractivity contribution in [3.63, 3.8) is 0 Å². The molecule has 0 atom stereocenters. The van der Waals surface area contributed by atoms with E-state index < -0.39 is 4.92 Å². The number of aromatic nitrogens is 3. The van der Waals surface area contributed by atoms with Gasteiger partial charge in [0.05, 0.1) is 23.8 Å². The molecular formula is C16H14N4O3. The highest BCUT2D eigenvalue weighted by atomic mass is 16.6. The van der Waals surface area contributed by atoms with Gasteiger partial charge in [-0.2, -0.15) is 0 Å². The second-order valence-corrected chi connectivity index (χ2v) is 4.99. The molecule has 7 heteroatoms. The van der Waals surface area contributed by atoms with Gasteiger partial charge in [-0.15, -0.1) is 5.10 Å². The summed E-state index contributed by atoms with van der Waals surface area (Å²) in [4.78, 5) is 10.3. The lowest BCUT2D eigenvalue weighted by Crippen LogP contribution is -2.04. The Labute approximate surface area is 132 Å². The van der Waals surface area contributed by atoms with Crippen LogP contribution in [0.25, 0.3) is 11.3 Å². The molecule has 0 bridgehead atoms. The number of hydrogen-bond acceptors (Lipinski definition) is 5. The Bertz CT molecular complexity index is 813. The van der Waals surface area contributed by atoms with Crippen LogP contribution in [0, 0.1) is 10.1 Å². The van der Waals surface area contributed by atoms with E-state index in [0.29, 0.717) is 17.9 Å². The molecule has 1 heterocycles. The van der Waals surface area contributed by atoms with Crippen molar-refractivity contribution in [1.29, 1.82) is 0 Å². The van der Waals surface area contributed by atoms with Crippen molar-refractivity contribution >= 4 is 5.69 Å². The molecule has 0 unspecified atom stereocenters. The molecule has 3 aromatic rings. The van der Waals surface area contributed by atoms with Gasteiger partial charge in [0.15, 0.2) is 0 Å². The highest BCUT2D eigenvalue weighted by Gasteiger charge is 2.16. The summed E-state index contributed by atoms with van der Waals surface area (Å²) in [5, 5.41) is 28.3. The number of aliphatic hydroxyl groups is 1. The third-order valence-electron chi connectivity index (χ3n) is 3.48. The van der Waals surface area contributed by atoms with E-state index in [4.69, 9.17) is 0 Å². The topological polar surface area (TPSA) is 94.1 Å². The minimum Gasteiger partial charge on any atom is -0.390 e. The van der Waals surface area contributed by atoms with E-state index >= 15 is 0 Å². The van der Waals surface area contributed by atoms with Gasteiger partial charge in [0, 0.05) is 17.7 Å². The molecule has 116 valence electrons. The van der Waals surface area contributed by atoms with E-state index in [9.17, 15) is 15.2 Å². The van der Waals surface area contributed by atoms with Gasteiger partial charge in [0.1, 0.15) is 5.69 Å². The number of hydrogen-bond donors (Lipinski definition) is 1. The molecule has 23 heavy (non-hydrogen) atoms. The van der Waals surface area contributed by atoms with Gasteiger partial charge in [-0.25, -0.2) is 4.68 Å². The Kier molecular flexibility index (Phi) is 4.11. The lowest BCUT2D eigenvalue weighted by molar-refractivity contribution is -0.384. The van der Waals surface area contributed by atoms with Gasteiger partial charge in [-0.1, -0.05) is 35.5 Å². The zero-order valence-corrected chi connectivity index (χ0v) is 12.2. The molecule has 0 saturated carbocycles. The first kappa shape index (κ1) is 14.9. The Morgan fingerprint density at radius 1 is 1.09 bits per heavy atom. The van der Waals surface area contributed by atoms with E-state index in [1.165, 1.54) is 12.1 Å². The van der Waals surface area contributed by atoms with Crippen molar-refractivity contribution in [2.75, 3.05) is 0 Å². The van der Waals surface area contributed by atoms with Crippen LogP contribution >= 0.6 is 0 Å². The number of nitro groups is 1. The molecule has 0 fully saturated rings. The van der Waals surface area contributed by atoms with Crippen molar-refractivity contribution in [3.05, 3.63) is 76.0 Å². The number of rotatable bonds is 5. The lowest BCUT2D eigenvalue weighted by atomic mass is 10.1. The Hall–Kier alpha value is -3.06. The molecule has 1 N–H and O–H groups in total. The fourth-order valence-electron chi connectivity index (χ4n) is 2.38. The molecule has 2 aromatic carbocycles. The van der Waals surface area contributed by atoms with Gasteiger partial charge in [0.2, 0.25) is 0 Å². The van der Waals surface area contributed by atoms with Gasteiger partial charge in [-0.3, -0.25) is 10.1 Å². The first-order valence-electron chi connectivity index (χ1n) is 7.01. The molecule has 7 nitrogen and oxygen atoms in total. The lowest BCUT2D eigenvalue weighted by Gasteiger charge is -2.08. The Morgan fingerprint density at radius 2 is 1.78 bits per heavy atom. The van der Waals surface area contributed by atoms with Crippen molar-refractivity contribution < 1.29 is 10.0 Å². The summed E-state index contributed by atoms with van der Waals surface area (Å²) in [6.45, 7) is 0.251. The zero-order valence-electron chi connectivity index (χ0n) is 12.2. The number of nitro benzene ring substituents is 1. The number of aliphatic hydroxyl groups excluding tert-OH is 1. The maximum absolute atomic E-state index is 10.8. The van der Waals surface area contributed by atoms with E-state index in [0.717, 1.165) is 11.1 Å². The molecule has 1 aromatic heterocycles. The highest BCUT2D eigenvalue weighted by molar-refractivity contribution is 5.63. The van der Waals surface area contributed by atoms with Crippen molar-refractivity contribution in [3.8, 4) is 11.3 Å². The van der Waals surface area contributed by atoms with Gasteiger partial charge in [0.25, 0.3) is 5.69 Å². The van der Waals surface area contributed by atoms with Crippen LogP contribution in [0.2, 0.25) is 0 Å². The summed E-state index contributed by atoms with van der Waals surface area (Å²) in [5.74, 6) is 0. The number of non-ortho nitro benzene ring substituents is 1. The second-order valence-electron chi connectivity index (χ2n) is 4.99. The maximum atomic E-state index is 10.8. The summed E-state index contributed by atoms with van der Waals surface area (Å²) in [6.07, 6.45) is 0. The van der Waals surface area contributed by atoms with E-state index in [1.54, 1.807) is 16.8 Å². The van der Waals surface area contributed by atoms with Gasteiger partial charge < -0.3 is 5.11 Å². The van der Waals surface area contributed by atoms with E-state index in [2.05, 4.69) is 10.3 Å². The van der Waals surface area contributed by atoms with Gasteiger partial charge in [-0.05, 0) is 17.7 Å². The molecular weight excluding hydrogens is 296 g/mol. The van der Waals surface area contributed by atoms with Crippen LogP contribution < -0.4 is 0 Å². The third kappa shape index (κ3) is 3.09.